The second kappa shape index (κ2) is 6.59. The largest absolute Gasteiger partial charge is 0.378 e. The Kier molecular flexibility index (Phi) is 4.53. The van der Waals surface area contributed by atoms with Crippen LogP contribution in [0.3, 0.4) is 0 Å². The summed E-state index contributed by atoms with van der Waals surface area (Å²) in [6.07, 6.45) is 0. The van der Waals surface area contributed by atoms with Gasteiger partial charge in [0.1, 0.15) is 5.69 Å². The van der Waals surface area contributed by atoms with E-state index in [0.717, 1.165) is 23.5 Å². The van der Waals surface area contributed by atoms with Crippen molar-refractivity contribution in [3.05, 3.63) is 58.4 Å². The fourth-order valence-corrected chi connectivity index (χ4v) is 3.13. The standard InChI is InChI=1S/C19H24N2O2/c1-14-4-6-17(7-5-14)13-21-16(3)12-15(2)18(21)19(22)20-8-10-23-11-9-20/h4-7,12H,8-11,13H2,1-3H3. The lowest BCUT2D eigenvalue weighted by molar-refractivity contribution is 0.0295. The molecule has 2 heterocycles. The van der Waals surface area contributed by atoms with Crippen LogP contribution in [0.15, 0.2) is 30.3 Å². The molecule has 0 spiro atoms. The summed E-state index contributed by atoms with van der Waals surface area (Å²) in [4.78, 5) is 14.8. The van der Waals surface area contributed by atoms with E-state index in [0.29, 0.717) is 26.3 Å². The molecule has 0 bridgehead atoms. The van der Waals surface area contributed by atoms with E-state index in [4.69, 9.17) is 4.74 Å². The molecule has 1 aliphatic heterocycles. The van der Waals surface area contributed by atoms with Gasteiger partial charge in [0.2, 0.25) is 0 Å². The highest BCUT2D eigenvalue weighted by molar-refractivity contribution is 5.94. The number of carbonyl (C=O) groups excluding carboxylic acids is 1. The van der Waals surface area contributed by atoms with Crippen LogP contribution in [0.25, 0.3) is 0 Å². The first-order valence-electron chi connectivity index (χ1n) is 8.15. The van der Waals surface area contributed by atoms with Crippen LogP contribution in [0.1, 0.15) is 32.9 Å². The Morgan fingerprint density at radius 3 is 2.39 bits per heavy atom. The lowest BCUT2D eigenvalue weighted by Gasteiger charge is -2.27. The molecule has 0 N–H and O–H groups in total. The number of ether oxygens (including phenoxy) is 1. The van der Waals surface area contributed by atoms with Crippen molar-refractivity contribution < 1.29 is 9.53 Å². The summed E-state index contributed by atoms with van der Waals surface area (Å²) in [7, 11) is 0. The number of aromatic nitrogens is 1. The normalized spacial score (nSPS) is 15.0. The lowest BCUT2D eigenvalue weighted by atomic mass is 10.1. The van der Waals surface area contributed by atoms with Gasteiger partial charge in [0.25, 0.3) is 5.91 Å². The molecule has 0 radical (unpaired) electrons. The highest BCUT2D eigenvalue weighted by atomic mass is 16.5. The van der Waals surface area contributed by atoms with E-state index >= 15 is 0 Å². The van der Waals surface area contributed by atoms with Gasteiger partial charge in [-0.1, -0.05) is 29.8 Å². The smallest absolute Gasteiger partial charge is 0.270 e. The second-order valence-corrected chi connectivity index (χ2v) is 6.29. The molecule has 1 aliphatic rings. The fraction of sp³-hybridized carbons (Fsp3) is 0.421. The minimum absolute atomic E-state index is 0.117. The summed E-state index contributed by atoms with van der Waals surface area (Å²) in [5, 5.41) is 0. The number of benzene rings is 1. The van der Waals surface area contributed by atoms with Crippen molar-refractivity contribution in [3.63, 3.8) is 0 Å². The third kappa shape index (κ3) is 3.32. The van der Waals surface area contributed by atoms with E-state index in [-0.39, 0.29) is 5.91 Å². The lowest BCUT2D eigenvalue weighted by Crippen LogP contribution is -2.41. The Bertz CT molecular complexity index is 695. The first-order chi connectivity index (χ1) is 11.1. The molecular formula is C19H24N2O2. The molecule has 122 valence electrons. The zero-order valence-corrected chi connectivity index (χ0v) is 14.1. The van der Waals surface area contributed by atoms with Crippen LogP contribution in [-0.4, -0.2) is 41.7 Å². The zero-order chi connectivity index (χ0) is 16.4. The quantitative estimate of drug-likeness (QED) is 0.873. The van der Waals surface area contributed by atoms with Gasteiger partial charge >= 0.3 is 0 Å². The Morgan fingerprint density at radius 1 is 1.09 bits per heavy atom. The predicted molar refractivity (Wildman–Crippen MR) is 90.9 cm³/mol. The Labute approximate surface area is 137 Å². The first-order valence-corrected chi connectivity index (χ1v) is 8.15. The van der Waals surface area contributed by atoms with Gasteiger partial charge in [-0.3, -0.25) is 4.79 Å². The zero-order valence-electron chi connectivity index (χ0n) is 14.1. The van der Waals surface area contributed by atoms with Crippen LogP contribution < -0.4 is 0 Å². The summed E-state index contributed by atoms with van der Waals surface area (Å²) in [5.74, 6) is 0.117. The minimum Gasteiger partial charge on any atom is -0.378 e. The molecule has 3 rings (SSSR count). The summed E-state index contributed by atoms with van der Waals surface area (Å²) >= 11 is 0. The van der Waals surface area contributed by atoms with E-state index < -0.39 is 0 Å². The summed E-state index contributed by atoms with van der Waals surface area (Å²) < 4.78 is 7.49. The van der Waals surface area contributed by atoms with Gasteiger partial charge in [-0.05, 0) is 38.0 Å². The molecule has 0 saturated carbocycles. The third-order valence-electron chi connectivity index (χ3n) is 4.46. The van der Waals surface area contributed by atoms with Crippen LogP contribution in [0.5, 0.6) is 0 Å². The SMILES string of the molecule is Cc1ccc(Cn2c(C)cc(C)c2C(=O)N2CCOCC2)cc1. The fourth-order valence-electron chi connectivity index (χ4n) is 3.13. The maximum absolute atomic E-state index is 12.9. The Balaban J connectivity index is 1.90. The molecule has 4 heteroatoms. The summed E-state index contributed by atoms with van der Waals surface area (Å²) in [6, 6.07) is 10.6. The van der Waals surface area contributed by atoms with E-state index in [9.17, 15) is 4.79 Å². The van der Waals surface area contributed by atoms with Gasteiger partial charge in [0.05, 0.1) is 13.2 Å². The first kappa shape index (κ1) is 15.8. The van der Waals surface area contributed by atoms with Crippen molar-refractivity contribution in [3.8, 4) is 0 Å². The maximum Gasteiger partial charge on any atom is 0.270 e. The average molecular weight is 312 g/mol. The monoisotopic (exact) mass is 312 g/mol. The van der Waals surface area contributed by atoms with Crippen molar-refractivity contribution in [2.75, 3.05) is 26.3 Å². The van der Waals surface area contributed by atoms with E-state index in [1.54, 1.807) is 0 Å². The second-order valence-electron chi connectivity index (χ2n) is 6.29. The highest BCUT2D eigenvalue weighted by Gasteiger charge is 2.24. The van der Waals surface area contributed by atoms with E-state index in [1.807, 2.05) is 11.8 Å². The highest BCUT2D eigenvalue weighted by Crippen LogP contribution is 2.20. The molecule has 0 atom stereocenters. The topological polar surface area (TPSA) is 34.5 Å². The van der Waals surface area contributed by atoms with Gasteiger partial charge in [-0.2, -0.15) is 0 Å². The van der Waals surface area contributed by atoms with Crippen molar-refractivity contribution in [1.29, 1.82) is 0 Å². The average Bonchev–Trinajstić information content (AvgIpc) is 2.83. The Morgan fingerprint density at radius 2 is 1.74 bits per heavy atom. The number of hydrogen-bond acceptors (Lipinski definition) is 2. The van der Waals surface area contributed by atoms with Crippen molar-refractivity contribution in [1.82, 2.24) is 9.47 Å². The molecule has 1 aromatic carbocycles. The number of amides is 1. The predicted octanol–water partition coefficient (Wildman–Crippen LogP) is 2.93. The van der Waals surface area contributed by atoms with Gasteiger partial charge < -0.3 is 14.2 Å². The van der Waals surface area contributed by atoms with E-state index in [1.165, 1.54) is 11.1 Å². The van der Waals surface area contributed by atoms with Crippen molar-refractivity contribution >= 4 is 5.91 Å². The molecule has 1 aromatic heterocycles. The molecule has 23 heavy (non-hydrogen) atoms. The van der Waals surface area contributed by atoms with Crippen molar-refractivity contribution in [2.45, 2.75) is 27.3 Å². The number of rotatable bonds is 3. The molecule has 2 aromatic rings. The third-order valence-corrected chi connectivity index (χ3v) is 4.46. The van der Waals surface area contributed by atoms with Crippen LogP contribution in [-0.2, 0) is 11.3 Å². The maximum atomic E-state index is 12.9. The Hall–Kier alpha value is -2.07. The van der Waals surface area contributed by atoms with Crippen LogP contribution in [0, 0.1) is 20.8 Å². The molecule has 1 fully saturated rings. The molecular weight excluding hydrogens is 288 g/mol. The van der Waals surface area contributed by atoms with Crippen LogP contribution in [0.4, 0.5) is 0 Å². The number of nitrogens with zero attached hydrogens (tertiary/aromatic N) is 2. The number of hydrogen-bond donors (Lipinski definition) is 0. The molecule has 0 unspecified atom stereocenters. The van der Waals surface area contributed by atoms with Crippen molar-refractivity contribution in [2.24, 2.45) is 0 Å². The summed E-state index contributed by atoms with van der Waals surface area (Å²) in [6.45, 7) is 9.50. The minimum atomic E-state index is 0.117. The summed E-state index contributed by atoms with van der Waals surface area (Å²) in [5.41, 5.74) is 5.44. The molecule has 0 aliphatic carbocycles. The van der Waals surface area contributed by atoms with E-state index in [2.05, 4.69) is 48.7 Å². The number of aryl methyl sites for hydroxylation is 3. The van der Waals surface area contributed by atoms with Crippen LogP contribution in [0.2, 0.25) is 0 Å². The van der Waals surface area contributed by atoms with Gasteiger partial charge in [0.15, 0.2) is 0 Å². The number of carbonyl (C=O) groups is 1. The van der Waals surface area contributed by atoms with Crippen LogP contribution >= 0.6 is 0 Å². The number of morpholine rings is 1. The van der Waals surface area contributed by atoms with Gasteiger partial charge in [0, 0.05) is 25.3 Å². The molecule has 1 saturated heterocycles. The van der Waals surface area contributed by atoms with Gasteiger partial charge in [-0.15, -0.1) is 0 Å². The van der Waals surface area contributed by atoms with Gasteiger partial charge in [-0.25, -0.2) is 0 Å². The molecule has 4 nitrogen and oxygen atoms in total. The molecule has 1 amide bonds.